The molecular formula is C22H35IN6O2. The average Bonchev–Trinajstić information content (AvgIpc) is 3.52. The number of methoxy groups -OCH3 is 1. The van der Waals surface area contributed by atoms with E-state index in [0.717, 1.165) is 54.4 Å². The normalized spacial score (nSPS) is 13.6. The number of hydrogen-bond donors (Lipinski definition) is 2. The van der Waals surface area contributed by atoms with Crippen LogP contribution >= 0.6 is 24.0 Å². The molecule has 8 nitrogen and oxygen atoms in total. The van der Waals surface area contributed by atoms with Crippen LogP contribution in [0, 0.1) is 19.8 Å². The zero-order chi connectivity index (χ0) is 21.3. The predicted octanol–water partition coefficient (Wildman–Crippen LogP) is 3.11. The quantitative estimate of drug-likeness (QED) is 0.197. The number of ether oxygens (including phenoxy) is 2. The topological polar surface area (TPSA) is 85.6 Å². The number of aliphatic imine (C=N–C) groups is 1. The summed E-state index contributed by atoms with van der Waals surface area (Å²) in [6, 6.07) is 6.32. The maximum Gasteiger partial charge on any atom is 0.191 e. The van der Waals surface area contributed by atoms with Crippen LogP contribution in [0.25, 0.3) is 0 Å². The third-order valence-corrected chi connectivity index (χ3v) is 5.22. The Morgan fingerprint density at radius 2 is 2.03 bits per heavy atom. The average molecular weight is 542 g/mol. The van der Waals surface area contributed by atoms with Crippen molar-refractivity contribution in [2.45, 2.75) is 46.2 Å². The van der Waals surface area contributed by atoms with Crippen molar-refractivity contribution in [3.63, 3.8) is 0 Å². The largest absolute Gasteiger partial charge is 0.493 e. The van der Waals surface area contributed by atoms with Gasteiger partial charge in [0, 0.05) is 32.9 Å². The highest BCUT2D eigenvalue weighted by Crippen LogP contribution is 2.30. The molecular weight excluding hydrogens is 507 g/mol. The summed E-state index contributed by atoms with van der Waals surface area (Å²) in [4.78, 5) is 4.79. The lowest BCUT2D eigenvalue weighted by molar-refractivity contribution is 0.195. The summed E-state index contributed by atoms with van der Waals surface area (Å²) in [7, 11) is 3.68. The van der Waals surface area contributed by atoms with Gasteiger partial charge in [-0.2, -0.15) is 0 Å². The van der Waals surface area contributed by atoms with E-state index in [1.54, 1.807) is 7.11 Å². The summed E-state index contributed by atoms with van der Waals surface area (Å²) < 4.78 is 13.2. The first kappa shape index (κ1) is 25.4. The summed E-state index contributed by atoms with van der Waals surface area (Å²) in [5.41, 5.74) is 2.29. The van der Waals surface area contributed by atoms with Crippen molar-refractivity contribution in [2.75, 3.05) is 26.9 Å². The van der Waals surface area contributed by atoms with Crippen LogP contribution < -0.4 is 15.4 Å². The minimum atomic E-state index is 0. The number of halogens is 1. The van der Waals surface area contributed by atoms with Crippen LogP contribution in [0.2, 0.25) is 0 Å². The summed E-state index contributed by atoms with van der Waals surface area (Å²) >= 11 is 0. The number of guanidine groups is 1. The molecule has 31 heavy (non-hydrogen) atoms. The lowest BCUT2D eigenvalue weighted by Crippen LogP contribution is -2.38. The number of aromatic nitrogens is 3. The highest BCUT2D eigenvalue weighted by molar-refractivity contribution is 14.0. The van der Waals surface area contributed by atoms with Gasteiger partial charge in [-0.3, -0.25) is 0 Å². The van der Waals surface area contributed by atoms with Crippen molar-refractivity contribution in [3.8, 4) is 5.75 Å². The van der Waals surface area contributed by atoms with Crippen molar-refractivity contribution in [2.24, 2.45) is 18.0 Å². The maximum absolute atomic E-state index is 6.09. The van der Waals surface area contributed by atoms with E-state index in [0.29, 0.717) is 19.7 Å². The van der Waals surface area contributed by atoms with Gasteiger partial charge in [-0.1, -0.05) is 12.1 Å². The van der Waals surface area contributed by atoms with Crippen molar-refractivity contribution in [1.82, 2.24) is 25.4 Å². The molecule has 2 N–H and O–H groups in total. The van der Waals surface area contributed by atoms with Gasteiger partial charge in [0.25, 0.3) is 0 Å². The monoisotopic (exact) mass is 542 g/mol. The fourth-order valence-corrected chi connectivity index (χ4v) is 2.95. The molecule has 0 aliphatic heterocycles. The Morgan fingerprint density at radius 1 is 1.23 bits per heavy atom. The van der Waals surface area contributed by atoms with Crippen LogP contribution in [0.15, 0.2) is 23.2 Å². The zero-order valence-electron chi connectivity index (χ0n) is 19.0. The van der Waals surface area contributed by atoms with Crippen LogP contribution in [0.4, 0.5) is 0 Å². The second-order valence-electron chi connectivity index (χ2n) is 7.88. The Morgan fingerprint density at radius 3 is 2.71 bits per heavy atom. The van der Waals surface area contributed by atoms with Crippen molar-refractivity contribution < 1.29 is 9.47 Å². The van der Waals surface area contributed by atoms with Crippen LogP contribution in [0.5, 0.6) is 5.75 Å². The highest BCUT2D eigenvalue weighted by atomic mass is 127. The van der Waals surface area contributed by atoms with E-state index in [4.69, 9.17) is 14.5 Å². The first-order valence-corrected chi connectivity index (χ1v) is 10.6. The number of nitrogens with zero attached hydrogens (tertiary/aromatic N) is 4. The lowest BCUT2D eigenvalue weighted by atomic mass is 10.1. The van der Waals surface area contributed by atoms with Crippen molar-refractivity contribution >= 4 is 29.9 Å². The fourth-order valence-electron chi connectivity index (χ4n) is 2.95. The van der Waals surface area contributed by atoms with E-state index < -0.39 is 0 Å². The van der Waals surface area contributed by atoms with E-state index in [9.17, 15) is 0 Å². The molecule has 172 valence electrons. The van der Waals surface area contributed by atoms with Crippen molar-refractivity contribution in [3.05, 3.63) is 41.0 Å². The third kappa shape index (κ3) is 8.29. The molecule has 0 saturated heterocycles. The second kappa shape index (κ2) is 12.8. The van der Waals surface area contributed by atoms with Gasteiger partial charge in [0.15, 0.2) is 11.8 Å². The van der Waals surface area contributed by atoms with Crippen LogP contribution in [0.3, 0.4) is 0 Å². The molecule has 0 unspecified atom stereocenters. The van der Waals surface area contributed by atoms with Gasteiger partial charge in [0.1, 0.15) is 11.6 Å². The minimum absolute atomic E-state index is 0. The first-order valence-electron chi connectivity index (χ1n) is 10.6. The van der Waals surface area contributed by atoms with Gasteiger partial charge in [-0.25, -0.2) is 4.99 Å². The SMILES string of the molecule is COCCCNC(=NCc1ccc(C)cc1OCC1CC1)NCc1nnc(C)n1C.I. The van der Waals surface area contributed by atoms with E-state index in [-0.39, 0.29) is 24.0 Å². The minimum Gasteiger partial charge on any atom is -0.493 e. The molecule has 0 amide bonds. The summed E-state index contributed by atoms with van der Waals surface area (Å²) in [5.74, 6) is 4.14. The fraction of sp³-hybridized carbons (Fsp3) is 0.591. The first-order chi connectivity index (χ1) is 14.6. The molecule has 9 heteroatoms. The zero-order valence-corrected chi connectivity index (χ0v) is 21.3. The van der Waals surface area contributed by atoms with E-state index >= 15 is 0 Å². The molecule has 1 aromatic heterocycles. The molecule has 1 aliphatic rings. The number of hydrogen-bond acceptors (Lipinski definition) is 5. The Labute approximate surface area is 202 Å². The smallest absolute Gasteiger partial charge is 0.191 e. The van der Waals surface area contributed by atoms with Crippen molar-refractivity contribution in [1.29, 1.82) is 0 Å². The third-order valence-electron chi connectivity index (χ3n) is 5.22. The molecule has 2 aromatic rings. The maximum atomic E-state index is 6.09. The number of aryl methyl sites for hydroxylation is 2. The molecule has 0 spiro atoms. The Balaban J connectivity index is 0.00000341. The molecule has 1 fully saturated rings. The number of rotatable bonds is 11. The molecule has 1 saturated carbocycles. The molecule has 1 aromatic carbocycles. The Kier molecular flexibility index (Phi) is 10.5. The van der Waals surface area contributed by atoms with Gasteiger partial charge in [0.2, 0.25) is 0 Å². The number of benzene rings is 1. The van der Waals surface area contributed by atoms with Crippen LogP contribution in [0.1, 0.15) is 42.0 Å². The molecule has 1 heterocycles. The predicted molar refractivity (Wildman–Crippen MR) is 133 cm³/mol. The van der Waals surface area contributed by atoms with E-state index in [1.807, 2.05) is 18.5 Å². The van der Waals surface area contributed by atoms with Gasteiger partial charge >= 0.3 is 0 Å². The van der Waals surface area contributed by atoms with Crippen LogP contribution in [-0.2, 0) is 24.9 Å². The Bertz CT molecular complexity index is 851. The molecule has 1 aliphatic carbocycles. The standard InChI is InChI=1S/C22H34N6O2.HI/c1-16-6-9-19(20(12-16)30-15-18-7-8-18)13-24-22(23-10-5-11-29-4)25-14-21-27-26-17(2)28(21)3;/h6,9,12,18H,5,7-8,10-11,13-15H2,1-4H3,(H2,23,24,25);1H. The van der Waals surface area contributed by atoms with Gasteiger partial charge in [-0.05, 0) is 50.7 Å². The number of nitrogens with one attached hydrogen (secondary N) is 2. The van der Waals surface area contributed by atoms with Gasteiger partial charge in [0.05, 0.1) is 19.7 Å². The van der Waals surface area contributed by atoms with E-state index in [1.165, 1.54) is 18.4 Å². The molecule has 0 atom stereocenters. The van der Waals surface area contributed by atoms with Crippen LogP contribution in [-0.4, -0.2) is 47.6 Å². The summed E-state index contributed by atoms with van der Waals surface area (Å²) in [6.45, 7) is 7.39. The summed E-state index contributed by atoms with van der Waals surface area (Å²) in [6.07, 6.45) is 3.46. The van der Waals surface area contributed by atoms with Gasteiger partial charge < -0.3 is 24.7 Å². The molecule has 0 radical (unpaired) electrons. The highest BCUT2D eigenvalue weighted by Gasteiger charge is 2.22. The summed E-state index contributed by atoms with van der Waals surface area (Å²) in [5, 5.41) is 15.1. The molecule has 3 rings (SSSR count). The molecule has 0 bridgehead atoms. The Hall–Kier alpha value is -1.88. The van der Waals surface area contributed by atoms with Gasteiger partial charge in [-0.15, -0.1) is 34.2 Å². The second-order valence-corrected chi connectivity index (χ2v) is 7.88. The van der Waals surface area contributed by atoms with E-state index in [2.05, 4.69) is 46.0 Å². The lowest BCUT2D eigenvalue weighted by Gasteiger charge is -2.14.